The Bertz CT molecular complexity index is 326. The van der Waals surface area contributed by atoms with E-state index in [9.17, 15) is 4.79 Å². The zero-order chi connectivity index (χ0) is 14.6. The maximum Gasteiger partial charge on any atom is 0.237 e. The van der Waals surface area contributed by atoms with Gasteiger partial charge in [0, 0.05) is 30.9 Å². The molecule has 0 radical (unpaired) electrons. The average molecular weight is 301 g/mol. The number of rotatable bonds is 5. The van der Waals surface area contributed by atoms with Gasteiger partial charge < -0.3 is 15.8 Å². The summed E-state index contributed by atoms with van der Waals surface area (Å²) >= 11 is 1.98. The Balaban J connectivity index is 1.93. The van der Waals surface area contributed by atoms with Crippen LogP contribution in [-0.4, -0.2) is 66.7 Å². The lowest BCUT2D eigenvalue weighted by Gasteiger charge is -2.43. The second-order valence-corrected chi connectivity index (χ2v) is 7.22. The molecule has 2 aliphatic heterocycles. The smallest absolute Gasteiger partial charge is 0.237 e. The van der Waals surface area contributed by atoms with E-state index >= 15 is 0 Å². The van der Waals surface area contributed by atoms with Gasteiger partial charge in [0.1, 0.15) is 0 Å². The summed E-state index contributed by atoms with van der Waals surface area (Å²) in [6, 6.07) is -0.411. The van der Waals surface area contributed by atoms with E-state index in [-0.39, 0.29) is 17.4 Å². The predicted molar refractivity (Wildman–Crippen MR) is 82.9 cm³/mol. The summed E-state index contributed by atoms with van der Waals surface area (Å²) in [6.45, 7) is 8.19. The zero-order valence-electron chi connectivity index (χ0n) is 12.6. The number of hydrogen-bond acceptors (Lipinski definition) is 5. The first-order valence-corrected chi connectivity index (χ1v) is 8.64. The molecule has 2 fully saturated rings. The van der Waals surface area contributed by atoms with Crippen molar-refractivity contribution >= 4 is 17.7 Å². The topological polar surface area (TPSA) is 67.6 Å². The minimum absolute atomic E-state index is 0.0236. The normalized spacial score (nSPS) is 29.6. The van der Waals surface area contributed by atoms with Gasteiger partial charge in [0.25, 0.3) is 0 Å². The summed E-state index contributed by atoms with van der Waals surface area (Å²) in [5.41, 5.74) is 6.01. The lowest BCUT2D eigenvalue weighted by Crippen LogP contribution is -2.60. The van der Waals surface area contributed by atoms with Crippen LogP contribution in [0.4, 0.5) is 0 Å². The first-order chi connectivity index (χ1) is 9.55. The number of carbonyl (C=O) groups excluding carboxylic acids is 1. The van der Waals surface area contributed by atoms with Crippen LogP contribution in [0.5, 0.6) is 0 Å². The fourth-order valence-corrected chi connectivity index (χ4v) is 4.28. The van der Waals surface area contributed by atoms with Crippen LogP contribution in [0.15, 0.2) is 0 Å². The number of carbonyl (C=O) groups is 1. The van der Waals surface area contributed by atoms with Crippen LogP contribution >= 0.6 is 11.8 Å². The van der Waals surface area contributed by atoms with Crippen molar-refractivity contribution in [1.82, 2.24) is 10.2 Å². The number of nitrogens with zero attached hydrogens (tertiary/aromatic N) is 1. The predicted octanol–water partition coefficient (Wildman–Crippen LogP) is 0.294. The van der Waals surface area contributed by atoms with Crippen LogP contribution in [0.25, 0.3) is 0 Å². The van der Waals surface area contributed by atoms with Crippen LogP contribution in [0, 0.1) is 5.92 Å². The van der Waals surface area contributed by atoms with Crippen LogP contribution in [0.1, 0.15) is 20.3 Å². The molecule has 1 unspecified atom stereocenters. The molecule has 0 aromatic carbocycles. The number of hydrogen-bond donors (Lipinski definition) is 2. The molecule has 2 rings (SSSR count). The van der Waals surface area contributed by atoms with Gasteiger partial charge in [-0.2, -0.15) is 11.8 Å². The standard InChI is InChI=1S/C14H27N3O2S/c1-11(2)12(15)13(18)16-9-14(3-8-20-10-14)17-4-6-19-7-5-17/h11-12H,3-10,15H2,1-2H3,(H,16,18)/t12-,14?/m0/s1. The molecule has 6 heteroatoms. The highest BCUT2D eigenvalue weighted by Gasteiger charge is 2.41. The third kappa shape index (κ3) is 3.67. The van der Waals surface area contributed by atoms with E-state index in [1.54, 1.807) is 0 Å². The summed E-state index contributed by atoms with van der Waals surface area (Å²) < 4.78 is 5.44. The number of morpholine rings is 1. The maximum absolute atomic E-state index is 12.1. The Morgan fingerprint density at radius 1 is 1.45 bits per heavy atom. The monoisotopic (exact) mass is 301 g/mol. The molecule has 5 nitrogen and oxygen atoms in total. The number of thioether (sulfide) groups is 1. The third-order valence-electron chi connectivity index (χ3n) is 4.38. The van der Waals surface area contributed by atoms with Crippen LogP contribution in [0.2, 0.25) is 0 Å². The van der Waals surface area contributed by atoms with E-state index in [2.05, 4.69) is 10.2 Å². The Kier molecular flexibility index (Phi) is 5.72. The van der Waals surface area contributed by atoms with Crippen molar-refractivity contribution in [2.45, 2.75) is 31.8 Å². The van der Waals surface area contributed by atoms with E-state index in [0.717, 1.165) is 38.5 Å². The Morgan fingerprint density at radius 3 is 2.70 bits per heavy atom. The molecular weight excluding hydrogens is 274 g/mol. The Hall–Kier alpha value is -0.300. The molecule has 0 aliphatic carbocycles. The molecular formula is C14H27N3O2S. The fraction of sp³-hybridized carbons (Fsp3) is 0.929. The van der Waals surface area contributed by atoms with Gasteiger partial charge in [-0.3, -0.25) is 9.69 Å². The van der Waals surface area contributed by atoms with Crippen molar-refractivity contribution in [3.8, 4) is 0 Å². The second-order valence-electron chi connectivity index (χ2n) is 6.11. The SMILES string of the molecule is CC(C)[C@H](N)C(=O)NCC1(N2CCOCC2)CCSC1. The van der Waals surface area contributed by atoms with E-state index in [4.69, 9.17) is 10.5 Å². The number of ether oxygens (including phenoxy) is 1. The molecule has 2 heterocycles. The average Bonchev–Trinajstić information content (AvgIpc) is 2.95. The Labute approximate surface area is 126 Å². The van der Waals surface area contributed by atoms with Crippen molar-refractivity contribution in [3.05, 3.63) is 0 Å². The van der Waals surface area contributed by atoms with E-state index in [0.29, 0.717) is 6.54 Å². The Morgan fingerprint density at radius 2 is 2.15 bits per heavy atom. The summed E-state index contributed by atoms with van der Waals surface area (Å²) in [5, 5.41) is 3.08. The zero-order valence-corrected chi connectivity index (χ0v) is 13.4. The van der Waals surface area contributed by atoms with Crippen LogP contribution in [-0.2, 0) is 9.53 Å². The van der Waals surface area contributed by atoms with Gasteiger partial charge in [0.05, 0.1) is 19.3 Å². The van der Waals surface area contributed by atoms with Gasteiger partial charge in [0.2, 0.25) is 5.91 Å². The molecule has 0 bridgehead atoms. The highest BCUT2D eigenvalue weighted by molar-refractivity contribution is 7.99. The van der Waals surface area contributed by atoms with E-state index < -0.39 is 6.04 Å². The van der Waals surface area contributed by atoms with Crippen molar-refractivity contribution in [1.29, 1.82) is 0 Å². The molecule has 116 valence electrons. The molecule has 0 aromatic rings. The first kappa shape index (κ1) is 16.1. The fourth-order valence-electron chi connectivity index (χ4n) is 2.81. The largest absolute Gasteiger partial charge is 0.379 e. The van der Waals surface area contributed by atoms with Crippen molar-refractivity contribution in [3.63, 3.8) is 0 Å². The lowest BCUT2D eigenvalue weighted by atomic mass is 9.95. The molecule has 20 heavy (non-hydrogen) atoms. The lowest BCUT2D eigenvalue weighted by molar-refractivity contribution is -0.124. The summed E-state index contributed by atoms with van der Waals surface area (Å²) in [5.74, 6) is 2.41. The quantitative estimate of drug-likeness (QED) is 0.764. The molecule has 2 atom stereocenters. The van der Waals surface area contributed by atoms with Crippen molar-refractivity contribution < 1.29 is 9.53 Å². The molecule has 2 aliphatic rings. The van der Waals surface area contributed by atoms with Crippen molar-refractivity contribution in [2.24, 2.45) is 11.7 Å². The van der Waals surface area contributed by atoms with E-state index in [1.165, 1.54) is 5.75 Å². The molecule has 1 amide bonds. The molecule has 2 saturated heterocycles. The van der Waals surface area contributed by atoms with Crippen molar-refractivity contribution in [2.75, 3.05) is 44.4 Å². The molecule has 0 aromatic heterocycles. The second kappa shape index (κ2) is 7.11. The molecule has 0 saturated carbocycles. The van der Waals surface area contributed by atoms with E-state index in [1.807, 2.05) is 25.6 Å². The summed E-state index contributed by atoms with van der Waals surface area (Å²) in [7, 11) is 0. The number of amides is 1. The third-order valence-corrected chi connectivity index (χ3v) is 5.61. The van der Waals surface area contributed by atoms with Gasteiger partial charge in [-0.05, 0) is 18.1 Å². The van der Waals surface area contributed by atoms with Gasteiger partial charge in [0.15, 0.2) is 0 Å². The van der Waals surface area contributed by atoms with Gasteiger partial charge in [-0.1, -0.05) is 13.8 Å². The summed E-state index contributed by atoms with van der Waals surface area (Å²) in [4.78, 5) is 14.6. The van der Waals surface area contributed by atoms with Crippen LogP contribution in [0.3, 0.4) is 0 Å². The molecule has 3 N–H and O–H groups in total. The first-order valence-electron chi connectivity index (χ1n) is 7.49. The molecule has 0 spiro atoms. The van der Waals surface area contributed by atoms with Gasteiger partial charge in [-0.15, -0.1) is 0 Å². The number of nitrogens with two attached hydrogens (primary N) is 1. The highest BCUT2D eigenvalue weighted by atomic mass is 32.2. The van der Waals surface area contributed by atoms with Crippen LogP contribution < -0.4 is 11.1 Å². The van der Waals surface area contributed by atoms with Gasteiger partial charge >= 0.3 is 0 Å². The van der Waals surface area contributed by atoms with Gasteiger partial charge in [-0.25, -0.2) is 0 Å². The minimum Gasteiger partial charge on any atom is -0.379 e. The minimum atomic E-state index is -0.411. The highest BCUT2D eigenvalue weighted by Crippen LogP contribution is 2.33. The number of nitrogens with one attached hydrogen (secondary N) is 1. The summed E-state index contributed by atoms with van der Waals surface area (Å²) in [6.07, 6.45) is 1.13. The maximum atomic E-state index is 12.1.